The smallest absolute Gasteiger partial charge is 0.192 e. The molecular weight excluding hydrogens is 336 g/mol. The Morgan fingerprint density at radius 3 is 2.48 bits per heavy atom. The molecule has 1 aromatic rings. The number of ether oxygens (including phenoxy) is 3. The Kier molecular flexibility index (Phi) is 6.93. The molecule has 0 saturated carbocycles. The molecule has 3 atom stereocenters. The van der Waals surface area contributed by atoms with Crippen LogP contribution in [-0.4, -0.2) is 46.3 Å². The van der Waals surface area contributed by atoms with E-state index in [9.17, 15) is 4.79 Å². The van der Waals surface area contributed by atoms with Gasteiger partial charge in [-0.15, -0.1) is 0 Å². The molecule has 0 radical (unpaired) electrons. The lowest BCUT2D eigenvalue weighted by molar-refractivity contribution is -0.242. The summed E-state index contributed by atoms with van der Waals surface area (Å²) in [5.41, 5.74) is 1.04. The highest BCUT2D eigenvalue weighted by atomic mass is 28.4. The van der Waals surface area contributed by atoms with Gasteiger partial charge in [0.05, 0.1) is 13.2 Å². The Morgan fingerprint density at radius 1 is 1.20 bits per heavy atom. The number of carbonyl (C=O) groups is 1. The summed E-state index contributed by atoms with van der Waals surface area (Å²) in [6, 6.07) is 9.85. The van der Waals surface area contributed by atoms with E-state index in [0.717, 1.165) is 11.8 Å². The monoisotopic (exact) mass is 366 g/mol. The summed E-state index contributed by atoms with van der Waals surface area (Å²) >= 11 is 0. The van der Waals surface area contributed by atoms with Crippen molar-refractivity contribution >= 4 is 14.6 Å². The molecule has 5 nitrogen and oxygen atoms in total. The van der Waals surface area contributed by atoms with Crippen molar-refractivity contribution in [2.75, 3.05) is 13.4 Å². The molecule has 6 heteroatoms. The van der Waals surface area contributed by atoms with E-state index >= 15 is 0 Å². The van der Waals surface area contributed by atoms with Crippen molar-refractivity contribution in [3.63, 3.8) is 0 Å². The second kappa shape index (κ2) is 8.55. The van der Waals surface area contributed by atoms with Crippen molar-refractivity contribution in [2.24, 2.45) is 0 Å². The second-order valence-electron chi connectivity index (χ2n) is 7.92. The SMILES string of the molecule is CC(C)(C)[Si](C)(C)OC[C@H]1OCO[C@H](C=O)[C@@H]1OCc1ccccc1. The maximum atomic E-state index is 11.4. The van der Waals surface area contributed by atoms with Gasteiger partial charge in [-0.2, -0.15) is 0 Å². The van der Waals surface area contributed by atoms with Crippen LogP contribution in [0, 0.1) is 0 Å². The van der Waals surface area contributed by atoms with Gasteiger partial charge in [-0.05, 0) is 23.7 Å². The molecule has 0 aromatic heterocycles. The lowest BCUT2D eigenvalue weighted by Crippen LogP contribution is -2.52. The summed E-state index contributed by atoms with van der Waals surface area (Å²) < 4.78 is 23.4. The van der Waals surface area contributed by atoms with Gasteiger partial charge in [-0.3, -0.25) is 0 Å². The lowest BCUT2D eigenvalue weighted by Gasteiger charge is -2.40. The van der Waals surface area contributed by atoms with Crippen molar-refractivity contribution in [3.8, 4) is 0 Å². The van der Waals surface area contributed by atoms with Crippen molar-refractivity contribution < 1.29 is 23.4 Å². The molecule has 1 aromatic carbocycles. The molecule has 0 bridgehead atoms. The van der Waals surface area contributed by atoms with Gasteiger partial charge in [-0.25, -0.2) is 0 Å². The average Bonchev–Trinajstić information content (AvgIpc) is 2.58. The van der Waals surface area contributed by atoms with E-state index in [1.807, 2.05) is 30.3 Å². The maximum absolute atomic E-state index is 11.4. The van der Waals surface area contributed by atoms with E-state index in [0.29, 0.717) is 13.2 Å². The fourth-order valence-corrected chi connectivity index (χ4v) is 3.36. The quantitative estimate of drug-likeness (QED) is 0.546. The Bertz CT molecular complexity index is 540. The van der Waals surface area contributed by atoms with Gasteiger partial charge < -0.3 is 23.4 Å². The molecule has 1 fully saturated rings. The van der Waals surface area contributed by atoms with Crippen LogP contribution in [0.1, 0.15) is 26.3 Å². The van der Waals surface area contributed by atoms with Crippen LogP contribution in [0.5, 0.6) is 0 Å². The average molecular weight is 367 g/mol. The molecule has 1 heterocycles. The van der Waals surface area contributed by atoms with Gasteiger partial charge in [0.1, 0.15) is 25.1 Å². The number of hydrogen-bond donors (Lipinski definition) is 0. The highest BCUT2D eigenvalue weighted by molar-refractivity contribution is 6.74. The first-order valence-electron chi connectivity index (χ1n) is 8.72. The van der Waals surface area contributed by atoms with Crippen LogP contribution in [-0.2, 0) is 30.0 Å². The largest absolute Gasteiger partial charge is 0.414 e. The fraction of sp³-hybridized carbons (Fsp3) is 0.632. The summed E-state index contributed by atoms with van der Waals surface area (Å²) in [4.78, 5) is 11.4. The third-order valence-corrected chi connectivity index (χ3v) is 9.57. The zero-order valence-corrected chi connectivity index (χ0v) is 16.9. The van der Waals surface area contributed by atoms with Crippen LogP contribution in [0.3, 0.4) is 0 Å². The number of hydrogen-bond acceptors (Lipinski definition) is 5. The molecule has 1 aliphatic rings. The van der Waals surface area contributed by atoms with Crippen LogP contribution in [0.2, 0.25) is 18.1 Å². The normalized spacial score (nSPS) is 24.9. The van der Waals surface area contributed by atoms with Gasteiger partial charge in [0.15, 0.2) is 14.6 Å². The van der Waals surface area contributed by atoms with Crippen LogP contribution in [0.15, 0.2) is 30.3 Å². The number of aldehydes is 1. The van der Waals surface area contributed by atoms with Gasteiger partial charge in [0.2, 0.25) is 0 Å². The highest BCUT2D eigenvalue weighted by Gasteiger charge is 2.41. The maximum Gasteiger partial charge on any atom is 0.192 e. The topological polar surface area (TPSA) is 54.0 Å². The minimum atomic E-state index is -1.90. The Hall–Kier alpha value is -1.05. The summed E-state index contributed by atoms with van der Waals surface area (Å²) in [6.45, 7) is 11.9. The number of carbonyl (C=O) groups excluding carboxylic acids is 1. The van der Waals surface area contributed by atoms with Crippen LogP contribution in [0.25, 0.3) is 0 Å². The van der Waals surface area contributed by atoms with Crippen LogP contribution < -0.4 is 0 Å². The highest BCUT2D eigenvalue weighted by Crippen LogP contribution is 2.37. The predicted molar refractivity (Wildman–Crippen MR) is 98.8 cm³/mol. The lowest BCUT2D eigenvalue weighted by atomic mass is 10.1. The molecule has 0 unspecified atom stereocenters. The molecule has 1 aliphatic heterocycles. The molecule has 140 valence electrons. The molecule has 0 spiro atoms. The first-order chi connectivity index (χ1) is 11.7. The summed E-state index contributed by atoms with van der Waals surface area (Å²) in [5, 5.41) is 0.114. The molecule has 1 saturated heterocycles. The van der Waals surface area contributed by atoms with E-state index in [1.54, 1.807) is 0 Å². The van der Waals surface area contributed by atoms with Gasteiger partial charge in [-0.1, -0.05) is 51.1 Å². The molecule has 25 heavy (non-hydrogen) atoms. The third kappa shape index (κ3) is 5.46. The van der Waals surface area contributed by atoms with Gasteiger partial charge in [0, 0.05) is 0 Å². The summed E-state index contributed by atoms with van der Waals surface area (Å²) in [7, 11) is -1.90. The van der Waals surface area contributed by atoms with Crippen molar-refractivity contribution in [3.05, 3.63) is 35.9 Å². The van der Waals surface area contributed by atoms with E-state index in [1.165, 1.54) is 0 Å². The molecular formula is C19H30O5Si. The van der Waals surface area contributed by atoms with Crippen LogP contribution >= 0.6 is 0 Å². The van der Waals surface area contributed by atoms with Crippen LogP contribution in [0.4, 0.5) is 0 Å². The fourth-order valence-electron chi connectivity index (χ4n) is 2.34. The van der Waals surface area contributed by atoms with Crippen molar-refractivity contribution in [1.82, 2.24) is 0 Å². The standard InChI is InChI=1S/C19H30O5Si/c1-19(2,3)25(4,5)24-13-17-18(16(11-20)22-14-23-17)21-12-15-9-7-6-8-10-15/h6-11,16-18H,12-14H2,1-5H3/t16-,17-,18+/m1/s1. The van der Waals surface area contributed by atoms with Gasteiger partial charge in [0.25, 0.3) is 0 Å². The Labute approximate surface area is 151 Å². The van der Waals surface area contributed by atoms with Crippen molar-refractivity contribution in [1.29, 1.82) is 0 Å². The van der Waals surface area contributed by atoms with E-state index in [2.05, 4.69) is 33.9 Å². The van der Waals surface area contributed by atoms with E-state index in [-0.39, 0.29) is 17.9 Å². The Morgan fingerprint density at radius 2 is 1.88 bits per heavy atom. The van der Waals surface area contributed by atoms with Crippen molar-refractivity contribution in [2.45, 2.75) is 63.8 Å². The molecule has 0 amide bonds. The first-order valence-corrected chi connectivity index (χ1v) is 11.6. The minimum Gasteiger partial charge on any atom is -0.414 e. The summed E-state index contributed by atoms with van der Waals surface area (Å²) in [6.07, 6.45) is -0.638. The minimum absolute atomic E-state index is 0.0835. The first kappa shape index (κ1) is 20.3. The Balaban J connectivity index is 2.01. The molecule has 2 rings (SSSR count). The zero-order valence-electron chi connectivity index (χ0n) is 15.9. The summed E-state index contributed by atoms with van der Waals surface area (Å²) in [5.74, 6) is 0. The number of rotatable bonds is 7. The third-order valence-electron chi connectivity index (χ3n) is 5.07. The molecule has 0 aliphatic carbocycles. The number of benzene rings is 1. The molecule has 0 N–H and O–H groups in total. The van der Waals surface area contributed by atoms with E-state index in [4.69, 9.17) is 18.6 Å². The van der Waals surface area contributed by atoms with Gasteiger partial charge >= 0.3 is 0 Å². The van der Waals surface area contributed by atoms with E-state index < -0.39 is 20.5 Å². The second-order valence-corrected chi connectivity index (χ2v) is 12.7. The zero-order chi connectivity index (χ0) is 18.5. The predicted octanol–water partition coefficient (Wildman–Crippen LogP) is 3.53.